The van der Waals surface area contributed by atoms with Crippen LogP contribution in [-0.2, 0) is 30.4 Å². The zero-order valence-corrected chi connectivity index (χ0v) is 29.3. The number of piperidine rings is 1. The Balaban J connectivity index is 1.51. The van der Waals surface area contributed by atoms with Crippen LogP contribution in [0.3, 0.4) is 0 Å². The Morgan fingerprint density at radius 1 is 0.898 bits per heavy atom. The van der Waals surface area contributed by atoms with E-state index in [2.05, 4.69) is 15.6 Å². The zero-order chi connectivity index (χ0) is 34.9. The third kappa shape index (κ3) is 8.67. The third-order valence-corrected chi connectivity index (χ3v) is 10.6. The summed E-state index contributed by atoms with van der Waals surface area (Å²) in [5.41, 5.74) is 3.64. The summed E-state index contributed by atoms with van der Waals surface area (Å²) in [5.74, 6) is -1.65. The highest BCUT2D eigenvalue weighted by atomic mass is 16.2. The van der Waals surface area contributed by atoms with E-state index in [-0.39, 0.29) is 42.1 Å². The van der Waals surface area contributed by atoms with Crippen molar-refractivity contribution in [3.8, 4) is 11.3 Å². The van der Waals surface area contributed by atoms with Crippen LogP contribution in [0.15, 0.2) is 54.6 Å². The number of aromatic amines is 1. The lowest BCUT2D eigenvalue weighted by Crippen LogP contribution is -2.61. The van der Waals surface area contributed by atoms with Gasteiger partial charge in [-0.1, -0.05) is 88.6 Å². The summed E-state index contributed by atoms with van der Waals surface area (Å²) in [6, 6.07) is 15.4. The summed E-state index contributed by atoms with van der Waals surface area (Å²) in [7, 11) is 0. The molecule has 3 amide bonds. The van der Waals surface area contributed by atoms with E-state index in [1.807, 2.05) is 75.4 Å². The number of para-hydroxylation sites is 1. The summed E-state index contributed by atoms with van der Waals surface area (Å²) in [5, 5.41) is 7.09. The molecule has 3 N–H and O–H groups in total. The van der Waals surface area contributed by atoms with Gasteiger partial charge in [0.15, 0.2) is 5.78 Å². The molecule has 2 saturated heterocycles. The molecule has 0 aliphatic carbocycles. The molecule has 9 nitrogen and oxygen atoms in total. The minimum atomic E-state index is -0.982. The lowest BCUT2D eigenvalue weighted by atomic mass is 9.87. The number of H-pyrrole nitrogens is 1. The van der Waals surface area contributed by atoms with Gasteiger partial charge in [-0.3, -0.25) is 24.0 Å². The lowest BCUT2D eigenvalue weighted by Gasteiger charge is -2.39. The SMILES string of the molecule is CCC(=O)CCCCC[C@@H]1CC(=O)[C@H]2CCCCN2C(=O)[C@H]([C@H](C)CC)NC(=O)[C@H](Cc2c(-c3ccccc3)[nH]c3ccccc23)NC1=O. The molecule has 49 heavy (non-hydrogen) atoms. The maximum absolute atomic E-state index is 14.4. The molecule has 5 rings (SSSR count). The number of carbonyl (C=O) groups excluding carboxylic acids is 5. The molecule has 9 heteroatoms. The van der Waals surface area contributed by atoms with Crippen LogP contribution in [0.1, 0.15) is 97.0 Å². The average Bonchev–Trinajstić information content (AvgIpc) is 3.50. The van der Waals surface area contributed by atoms with Crippen LogP contribution >= 0.6 is 0 Å². The van der Waals surface area contributed by atoms with Gasteiger partial charge in [-0.2, -0.15) is 0 Å². The number of carbonyl (C=O) groups is 5. The van der Waals surface area contributed by atoms with Gasteiger partial charge in [0, 0.05) is 54.7 Å². The fourth-order valence-corrected chi connectivity index (χ4v) is 7.38. The first-order valence-electron chi connectivity index (χ1n) is 18.3. The van der Waals surface area contributed by atoms with Crippen LogP contribution < -0.4 is 10.6 Å². The molecule has 2 fully saturated rings. The summed E-state index contributed by atoms with van der Waals surface area (Å²) >= 11 is 0. The fourth-order valence-electron chi connectivity index (χ4n) is 7.38. The smallest absolute Gasteiger partial charge is 0.246 e. The number of fused-ring (bicyclic) bond motifs is 2. The van der Waals surface area contributed by atoms with E-state index in [1.165, 1.54) is 0 Å². The van der Waals surface area contributed by atoms with Crippen LogP contribution in [0.2, 0.25) is 0 Å². The maximum atomic E-state index is 14.4. The molecule has 2 aliphatic heterocycles. The Labute approximate surface area is 290 Å². The number of hydrogen-bond acceptors (Lipinski definition) is 5. The average molecular weight is 669 g/mol. The molecular formula is C40H52N4O5. The molecule has 262 valence electrons. The Morgan fingerprint density at radius 2 is 1.65 bits per heavy atom. The normalized spacial score (nSPS) is 22.9. The van der Waals surface area contributed by atoms with Crippen molar-refractivity contribution < 1.29 is 24.0 Å². The molecule has 3 heterocycles. The molecule has 0 radical (unpaired) electrons. The van der Waals surface area contributed by atoms with Gasteiger partial charge in [0.05, 0.1) is 6.04 Å². The van der Waals surface area contributed by atoms with Gasteiger partial charge in [-0.05, 0) is 55.2 Å². The Hall–Kier alpha value is -4.27. The lowest BCUT2D eigenvalue weighted by molar-refractivity contribution is -0.147. The summed E-state index contributed by atoms with van der Waals surface area (Å²) in [6.07, 6.45) is 6.74. The number of Topliss-reactive ketones (excluding diaryl/α,β-unsaturated/α-hetero) is 2. The number of aromatic nitrogens is 1. The number of nitrogens with one attached hydrogen (secondary N) is 3. The van der Waals surface area contributed by atoms with E-state index >= 15 is 0 Å². The van der Waals surface area contributed by atoms with E-state index in [0.29, 0.717) is 45.1 Å². The van der Waals surface area contributed by atoms with Crippen LogP contribution in [0, 0.1) is 11.8 Å². The molecule has 1 aromatic heterocycles. The molecule has 3 aromatic rings. The number of amides is 3. The van der Waals surface area contributed by atoms with Crippen molar-refractivity contribution >= 4 is 40.2 Å². The van der Waals surface area contributed by atoms with Gasteiger partial charge in [-0.15, -0.1) is 0 Å². The van der Waals surface area contributed by atoms with Crippen molar-refractivity contribution in [1.82, 2.24) is 20.5 Å². The molecule has 0 saturated carbocycles. The monoisotopic (exact) mass is 668 g/mol. The molecule has 0 unspecified atom stereocenters. The topological polar surface area (TPSA) is 128 Å². The highest BCUT2D eigenvalue weighted by Crippen LogP contribution is 2.32. The van der Waals surface area contributed by atoms with E-state index < -0.39 is 30.0 Å². The fraction of sp³-hybridized carbons (Fsp3) is 0.525. The van der Waals surface area contributed by atoms with Crippen molar-refractivity contribution in [3.63, 3.8) is 0 Å². The van der Waals surface area contributed by atoms with Crippen molar-refractivity contribution in [2.45, 2.75) is 116 Å². The van der Waals surface area contributed by atoms with Crippen LogP contribution in [-0.4, -0.2) is 63.8 Å². The van der Waals surface area contributed by atoms with Crippen LogP contribution in [0.25, 0.3) is 22.2 Å². The number of ketones is 2. The molecule has 5 atom stereocenters. The second kappa shape index (κ2) is 16.9. The van der Waals surface area contributed by atoms with Crippen molar-refractivity contribution in [2.24, 2.45) is 11.8 Å². The Morgan fingerprint density at radius 3 is 2.41 bits per heavy atom. The summed E-state index contributed by atoms with van der Waals surface area (Å²) in [4.78, 5) is 73.8. The van der Waals surface area contributed by atoms with Gasteiger partial charge >= 0.3 is 0 Å². The molecule has 2 aliphatic rings. The van der Waals surface area contributed by atoms with Crippen molar-refractivity contribution in [2.75, 3.05) is 6.54 Å². The standard InChI is InChI=1S/C40H52N4O5/c1-4-26(3)36-40(49)44-23-15-14-22-34(44)35(46)24-28(18-10-7-11-19-29(45)5-2)38(47)42-33(39(48)43-36)25-31-30-20-12-13-21-32(30)41-37(31)27-16-8-6-9-17-27/h6,8-9,12-13,16-17,20-21,26,28,33-34,36,41H,4-5,7,10-11,14-15,18-19,22-25H2,1-3H3,(H,42,47)(H,43,48)/t26-,28-,33+,34-,36+/m1/s1. The van der Waals surface area contributed by atoms with E-state index in [0.717, 1.165) is 53.4 Å². The van der Waals surface area contributed by atoms with Crippen LogP contribution in [0.4, 0.5) is 0 Å². The van der Waals surface area contributed by atoms with Gasteiger partial charge in [0.25, 0.3) is 0 Å². The zero-order valence-electron chi connectivity index (χ0n) is 29.3. The van der Waals surface area contributed by atoms with Crippen molar-refractivity contribution in [3.05, 3.63) is 60.2 Å². The first kappa shape index (κ1) is 36.0. The first-order chi connectivity index (χ1) is 23.7. The highest BCUT2D eigenvalue weighted by molar-refractivity contribution is 5.98. The molecule has 0 bridgehead atoms. The maximum Gasteiger partial charge on any atom is 0.246 e. The number of unbranched alkanes of at least 4 members (excludes halogenated alkanes) is 2. The predicted molar refractivity (Wildman–Crippen MR) is 192 cm³/mol. The third-order valence-electron chi connectivity index (χ3n) is 10.6. The Bertz CT molecular complexity index is 1630. The summed E-state index contributed by atoms with van der Waals surface area (Å²) in [6.45, 7) is 6.25. The van der Waals surface area contributed by atoms with E-state index in [1.54, 1.807) is 4.90 Å². The molecule has 2 aromatic carbocycles. The second-order valence-corrected chi connectivity index (χ2v) is 13.9. The summed E-state index contributed by atoms with van der Waals surface area (Å²) < 4.78 is 0. The number of rotatable bonds is 12. The highest BCUT2D eigenvalue weighted by Gasteiger charge is 2.41. The van der Waals surface area contributed by atoms with Gasteiger partial charge in [0.2, 0.25) is 17.7 Å². The molecule has 0 spiro atoms. The minimum absolute atomic E-state index is 0.0128. The second-order valence-electron chi connectivity index (χ2n) is 13.9. The minimum Gasteiger partial charge on any atom is -0.354 e. The van der Waals surface area contributed by atoms with E-state index in [4.69, 9.17) is 0 Å². The van der Waals surface area contributed by atoms with Crippen LogP contribution in [0.5, 0.6) is 0 Å². The van der Waals surface area contributed by atoms with Gasteiger partial charge in [0.1, 0.15) is 17.9 Å². The largest absolute Gasteiger partial charge is 0.354 e. The first-order valence-corrected chi connectivity index (χ1v) is 18.3. The van der Waals surface area contributed by atoms with Crippen molar-refractivity contribution in [1.29, 1.82) is 0 Å². The quantitative estimate of drug-likeness (QED) is 0.196. The van der Waals surface area contributed by atoms with Gasteiger partial charge < -0.3 is 20.5 Å². The predicted octanol–water partition coefficient (Wildman–Crippen LogP) is 6.29. The van der Waals surface area contributed by atoms with E-state index in [9.17, 15) is 24.0 Å². The Kier molecular flexibility index (Phi) is 12.4. The number of nitrogens with zero attached hydrogens (tertiary/aromatic N) is 1. The molecular weight excluding hydrogens is 616 g/mol. The number of benzene rings is 2. The number of hydrogen-bond donors (Lipinski definition) is 3. The van der Waals surface area contributed by atoms with Gasteiger partial charge in [-0.25, -0.2) is 0 Å².